The minimum atomic E-state index is 1.12. The molecule has 0 atom stereocenters. The van der Waals surface area contributed by atoms with Crippen LogP contribution in [0.15, 0.2) is 231 Å². The van der Waals surface area contributed by atoms with Gasteiger partial charge in [-0.1, -0.05) is 193 Å². The second-order valence-corrected chi connectivity index (χ2v) is 16.3. The molecule has 0 aliphatic heterocycles. The highest BCUT2D eigenvalue weighted by atomic mass is 15.2. The molecule has 0 saturated heterocycles. The molecule has 0 spiro atoms. The first kappa shape index (κ1) is 37.1. The average Bonchev–Trinajstić information content (AvgIpc) is 3.32. The Morgan fingerprint density at radius 3 is 0.903 bits per heavy atom. The molecule has 0 N–H and O–H groups in total. The number of aryl methyl sites for hydroxylation is 2. The third-order valence-electron chi connectivity index (χ3n) is 12.3. The topological polar surface area (TPSA) is 6.48 Å². The predicted octanol–water partition coefficient (Wildman–Crippen LogP) is 17.2. The minimum absolute atomic E-state index is 1.12. The molecule has 0 bridgehead atoms. The number of hydrogen-bond donors (Lipinski definition) is 0. The van der Waals surface area contributed by atoms with Crippen molar-refractivity contribution in [3.63, 3.8) is 0 Å². The molecule has 62 heavy (non-hydrogen) atoms. The first-order valence-electron chi connectivity index (χ1n) is 21.4. The maximum Gasteiger partial charge on any atom is 0.0540 e. The SMILES string of the molecule is Cc1ccc2c(N(c3ccc(-c4ccc(-c5ccc(N(c6cccc7ccccc67)c6cccc7cc(C)ccc67)cc5)cc4)cc3)c3cccc4ccccc34)cccc2c1. The molecule has 0 aliphatic carbocycles. The number of rotatable bonds is 8. The van der Waals surface area contributed by atoms with E-state index in [9.17, 15) is 0 Å². The largest absolute Gasteiger partial charge is 0.309 e. The van der Waals surface area contributed by atoms with Crippen LogP contribution in [0.2, 0.25) is 0 Å². The van der Waals surface area contributed by atoms with E-state index in [2.05, 4.69) is 254 Å². The van der Waals surface area contributed by atoms with Crippen molar-refractivity contribution < 1.29 is 0 Å². The Labute approximate surface area is 363 Å². The summed E-state index contributed by atoms with van der Waals surface area (Å²) in [5, 5.41) is 9.81. The molecule has 11 aromatic carbocycles. The van der Waals surface area contributed by atoms with Crippen molar-refractivity contribution in [1.29, 1.82) is 0 Å². The summed E-state index contributed by atoms with van der Waals surface area (Å²) in [4.78, 5) is 4.83. The summed E-state index contributed by atoms with van der Waals surface area (Å²) in [6, 6.07) is 84.3. The molecule has 294 valence electrons. The van der Waals surface area contributed by atoms with Gasteiger partial charge in [0.1, 0.15) is 0 Å². The molecule has 0 saturated carbocycles. The Kier molecular flexibility index (Phi) is 9.32. The highest BCUT2D eigenvalue weighted by Crippen LogP contribution is 2.44. The third-order valence-corrected chi connectivity index (χ3v) is 12.3. The lowest BCUT2D eigenvalue weighted by molar-refractivity contribution is 1.31. The molecule has 11 aromatic rings. The fourth-order valence-electron chi connectivity index (χ4n) is 9.25. The molecule has 0 aliphatic rings. The number of fused-ring (bicyclic) bond motifs is 4. The third kappa shape index (κ3) is 6.73. The van der Waals surface area contributed by atoms with Gasteiger partial charge < -0.3 is 9.80 Å². The lowest BCUT2D eigenvalue weighted by atomic mass is 9.99. The molecule has 0 heterocycles. The highest BCUT2D eigenvalue weighted by molar-refractivity contribution is 6.06. The number of benzene rings is 11. The summed E-state index contributed by atoms with van der Waals surface area (Å²) < 4.78 is 0. The van der Waals surface area contributed by atoms with E-state index in [1.807, 2.05) is 0 Å². The van der Waals surface area contributed by atoms with E-state index >= 15 is 0 Å². The van der Waals surface area contributed by atoms with Crippen LogP contribution in [0.4, 0.5) is 34.1 Å². The van der Waals surface area contributed by atoms with Crippen molar-refractivity contribution in [2.45, 2.75) is 13.8 Å². The molecule has 11 rings (SSSR count). The van der Waals surface area contributed by atoms with Gasteiger partial charge >= 0.3 is 0 Å². The molecule has 2 heteroatoms. The van der Waals surface area contributed by atoms with Crippen molar-refractivity contribution in [3.8, 4) is 22.3 Å². The summed E-state index contributed by atoms with van der Waals surface area (Å²) >= 11 is 0. The first-order chi connectivity index (χ1) is 30.6. The van der Waals surface area contributed by atoms with Crippen LogP contribution >= 0.6 is 0 Å². The lowest BCUT2D eigenvalue weighted by Gasteiger charge is -2.28. The molecular weight excluding hydrogens is 749 g/mol. The van der Waals surface area contributed by atoms with E-state index in [1.165, 1.54) is 76.5 Å². The van der Waals surface area contributed by atoms with Crippen molar-refractivity contribution in [3.05, 3.63) is 242 Å². The van der Waals surface area contributed by atoms with Gasteiger partial charge in [0.15, 0.2) is 0 Å². The minimum Gasteiger partial charge on any atom is -0.309 e. The van der Waals surface area contributed by atoms with E-state index in [4.69, 9.17) is 0 Å². The van der Waals surface area contributed by atoms with Crippen LogP contribution in [0.1, 0.15) is 11.1 Å². The van der Waals surface area contributed by atoms with Gasteiger partial charge in [-0.15, -0.1) is 0 Å². The number of hydrogen-bond acceptors (Lipinski definition) is 2. The molecule has 0 unspecified atom stereocenters. The quantitative estimate of drug-likeness (QED) is 0.151. The fourth-order valence-corrected chi connectivity index (χ4v) is 9.25. The van der Waals surface area contributed by atoms with Gasteiger partial charge in [-0.2, -0.15) is 0 Å². The van der Waals surface area contributed by atoms with Crippen LogP contribution in [-0.4, -0.2) is 0 Å². The monoisotopic (exact) mass is 792 g/mol. The van der Waals surface area contributed by atoms with Crippen molar-refractivity contribution >= 4 is 77.2 Å². The van der Waals surface area contributed by atoms with Crippen LogP contribution in [0.5, 0.6) is 0 Å². The molecule has 0 fully saturated rings. The Balaban J connectivity index is 0.925. The number of anilines is 6. The van der Waals surface area contributed by atoms with E-state index in [0.717, 1.165) is 34.1 Å². The maximum absolute atomic E-state index is 2.42. The normalized spacial score (nSPS) is 11.4. The Morgan fingerprint density at radius 2 is 0.532 bits per heavy atom. The van der Waals surface area contributed by atoms with Crippen molar-refractivity contribution in [1.82, 2.24) is 0 Å². The van der Waals surface area contributed by atoms with E-state index in [0.29, 0.717) is 0 Å². The average molecular weight is 793 g/mol. The van der Waals surface area contributed by atoms with Crippen LogP contribution < -0.4 is 9.80 Å². The molecule has 2 nitrogen and oxygen atoms in total. The van der Waals surface area contributed by atoms with Gasteiger partial charge in [0.2, 0.25) is 0 Å². The molecule has 0 radical (unpaired) electrons. The molecular formula is C60H44N2. The summed E-state index contributed by atoms with van der Waals surface area (Å²) in [5.74, 6) is 0. The van der Waals surface area contributed by atoms with Gasteiger partial charge in [-0.05, 0) is 106 Å². The molecule has 0 aromatic heterocycles. The highest BCUT2D eigenvalue weighted by Gasteiger charge is 2.20. The second kappa shape index (κ2) is 15.6. The van der Waals surface area contributed by atoms with Crippen molar-refractivity contribution in [2.24, 2.45) is 0 Å². The van der Waals surface area contributed by atoms with E-state index in [-0.39, 0.29) is 0 Å². The Morgan fingerprint density at radius 1 is 0.242 bits per heavy atom. The Hall–Kier alpha value is -7.94. The summed E-state index contributed by atoms with van der Waals surface area (Å²) in [6.45, 7) is 4.32. The maximum atomic E-state index is 2.42. The van der Waals surface area contributed by atoms with Gasteiger partial charge in [0, 0.05) is 32.9 Å². The zero-order chi connectivity index (χ0) is 41.6. The van der Waals surface area contributed by atoms with Gasteiger partial charge in [-0.3, -0.25) is 0 Å². The van der Waals surface area contributed by atoms with Gasteiger partial charge in [0.25, 0.3) is 0 Å². The molecule has 0 amide bonds. The zero-order valence-electron chi connectivity index (χ0n) is 34.8. The number of nitrogens with zero attached hydrogens (tertiary/aromatic N) is 2. The first-order valence-corrected chi connectivity index (χ1v) is 21.4. The van der Waals surface area contributed by atoms with Crippen LogP contribution in [0.3, 0.4) is 0 Å². The van der Waals surface area contributed by atoms with Gasteiger partial charge in [0.05, 0.1) is 22.7 Å². The Bertz CT molecular complexity index is 3180. The van der Waals surface area contributed by atoms with E-state index in [1.54, 1.807) is 0 Å². The fraction of sp³-hybridized carbons (Fsp3) is 0.0333. The summed E-state index contributed by atoms with van der Waals surface area (Å²) in [6.07, 6.45) is 0. The van der Waals surface area contributed by atoms with Crippen LogP contribution in [-0.2, 0) is 0 Å². The van der Waals surface area contributed by atoms with Crippen LogP contribution in [0.25, 0.3) is 65.3 Å². The zero-order valence-corrected chi connectivity index (χ0v) is 34.8. The van der Waals surface area contributed by atoms with Crippen molar-refractivity contribution in [2.75, 3.05) is 9.80 Å². The predicted molar refractivity (Wildman–Crippen MR) is 266 cm³/mol. The second-order valence-electron chi connectivity index (χ2n) is 16.3. The summed E-state index contributed by atoms with van der Waals surface area (Å²) in [7, 11) is 0. The lowest BCUT2D eigenvalue weighted by Crippen LogP contribution is -2.11. The van der Waals surface area contributed by atoms with E-state index < -0.39 is 0 Å². The van der Waals surface area contributed by atoms with Crippen LogP contribution in [0, 0.1) is 13.8 Å². The smallest absolute Gasteiger partial charge is 0.0540 e. The van der Waals surface area contributed by atoms with Gasteiger partial charge in [-0.25, -0.2) is 0 Å². The summed E-state index contributed by atoms with van der Waals surface area (Å²) in [5.41, 5.74) is 14.1. The standard InChI is InChI=1S/C60H44N2/c1-41-23-37-55-49(39-41)15-9-21-59(55)61(57-19-7-13-47-11-3-5-17-53(47)57)51-33-29-45(30-34-51)43-25-27-44(28-26-43)46-31-35-52(36-32-46)62(58-20-8-14-48-12-4-6-18-54(48)58)60-22-10-16-50-40-42(2)24-38-56(50)60/h3-40H,1-2H3.